The van der Waals surface area contributed by atoms with Gasteiger partial charge in [-0.3, -0.25) is 4.79 Å². The molecular formula is C17H19LiOP. The van der Waals surface area contributed by atoms with Gasteiger partial charge in [0, 0.05) is 24.4 Å². The van der Waals surface area contributed by atoms with Crippen LogP contribution in [0.15, 0.2) is 48.5 Å². The van der Waals surface area contributed by atoms with Crippen LogP contribution in [0.1, 0.15) is 35.3 Å². The molecule has 0 amide bonds. The molecule has 99 valence electrons. The van der Waals surface area contributed by atoms with Crippen molar-refractivity contribution in [1.29, 1.82) is 0 Å². The number of rotatable bonds is 5. The van der Waals surface area contributed by atoms with Crippen molar-refractivity contribution in [3.05, 3.63) is 65.2 Å². The van der Waals surface area contributed by atoms with E-state index < -0.39 is 0 Å². The standard InChI is InChI=1S/C17H19OP.Li/c1-3-13-9-8-10-14(4-2)16(13)17(18)19-15-11-6-5-7-12-15;/h5-12,19H,3-4H2,1-2H3;. The zero-order chi connectivity index (χ0) is 13.7. The summed E-state index contributed by atoms with van der Waals surface area (Å²) in [5.41, 5.74) is 3.57. The van der Waals surface area contributed by atoms with Crippen LogP contribution in [0.4, 0.5) is 0 Å². The molecule has 0 aliphatic heterocycles. The molecule has 20 heavy (non-hydrogen) atoms. The van der Waals surface area contributed by atoms with Crippen molar-refractivity contribution in [1.82, 2.24) is 0 Å². The smallest absolute Gasteiger partial charge is 0.186 e. The van der Waals surface area contributed by atoms with E-state index in [9.17, 15) is 4.79 Å². The number of hydrogen-bond acceptors (Lipinski definition) is 1. The van der Waals surface area contributed by atoms with Gasteiger partial charge in [0.1, 0.15) is 0 Å². The molecule has 0 fully saturated rings. The van der Waals surface area contributed by atoms with E-state index in [2.05, 4.69) is 32.0 Å². The Morgan fingerprint density at radius 2 is 1.45 bits per heavy atom. The SMILES string of the molecule is CCc1cccc(CC)c1C(=O)Pc1ccccc1.[Li]. The summed E-state index contributed by atoms with van der Waals surface area (Å²) in [6.45, 7) is 4.22. The molecule has 1 nitrogen and oxygen atoms in total. The topological polar surface area (TPSA) is 17.1 Å². The minimum absolute atomic E-state index is 0. The first-order chi connectivity index (χ1) is 9.26. The van der Waals surface area contributed by atoms with Gasteiger partial charge >= 0.3 is 0 Å². The first-order valence-electron chi connectivity index (χ1n) is 6.73. The Morgan fingerprint density at radius 1 is 0.900 bits per heavy atom. The molecule has 0 bridgehead atoms. The van der Waals surface area contributed by atoms with Crippen LogP contribution in [0, 0.1) is 0 Å². The van der Waals surface area contributed by atoms with Crippen LogP contribution in [-0.4, -0.2) is 24.4 Å². The Balaban J connectivity index is 0.00000200. The Labute approximate surface area is 135 Å². The summed E-state index contributed by atoms with van der Waals surface area (Å²) in [6.07, 6.45) is 1.82. The maximum absolute atomic E-state index is 12.6. The van der Waals surface area contributed by atoms with Gasteiger partial charge < -0.3 is 0 Å². The molecule has 0 N–H and O–H groups in total. The van der Waals surface area contributed by atoms with Crippen LogP contribution in [-0.2, 0) is 12.8 Å². The fourth-order valence-corrected chi connectivity index (χ4v) is 3.32. The van der Waals surface area contributed by atoms with Gasteiger partial charge in [0.25, 0.3) is 0 Å². The second kappa shape index (κ2) is 8.43. The van der Waals surface area contributed by atoms with E-state index in [0.717, 1.165) is 23.7 Å². The van der Waals surface area contributed by atoms with Crippen LogP contribution in [0.5, 0.6) is 0 Å². The minimum atomic E-state index is 0. The van der Waals surface area contributed by atoms with E-state index in [0.29, 0.717) is 0 Å². The summed E-state index contributed by atoms with van der Waals surface area (Å²) < 4.78 is 0. The van der Waals surface area contributed by atoms with Crippen LogP contribution in [0.2, 0.25) is 0 Å². The zero-order valence-corrected chi connectivity index (χ0v) is 13.4. The normalized spacial score (nSPS) is 10.5. The minimum Gasteiger partial charge on any atom is -0.289 e. The number of carbonyl (C=O) groups is 1. The molecule has 0 aliphatic carbocycles. The molecule has 3 heteroatoms. The van der Waals surface area contributed by atoms with Crippen molar-refractivity contribution >= 4 is 38.3 Å². The first kappa shape index (κ1) is 17.2. The van der Waals surface area contributed by atoms with Crippen LogP contribution in [0.3, 0.4) is 0 Å². The maximum Gasteiger partial charge on any atom is 0.186 e. The summed E-state index contributed by atoms with van der Waals surface area (Å²) in [6, 6.07) is 16.2. The van der Waals surface area contributed by atoms with Gasteiger partial charge in [-0.25, -0.2) is 0 Å². The number of aryl methyl sites for hydroxylation is 2. The van der Waals surface area contributed by atoms with Gasteiger partial charge in [-0.2, -0.15) is 0 Å². The Morgan fingerprint density at radius 3 is 1.95 bits per heavy atom. The Bertz CT molecular complexity index is 544. The van der Waals surface area contributed by atoms with Gasteiger partial charge in [-0.15, -0.1) is 0 Å². The van der Waals surface area contributed by atoms with Crippen molar-refractivity contribution in [2.45, 2.75) is 26.7 Å². The van der Waals surface area contributed by atoms with Gasteiger partial charge in [0.05, 0.1) is 0 Å². The summed E-state index contributed by atoms with van der Waals surface area (Å²) in [7, 11) is 0.216. The maximum atomic E-state index is 12.6. The first-order valence-corrected chi connectivity index (χ1v) is 7.73. The average molecular weight is 277 g/mol. The predicted molar refractivity (Wildman–Crippen MR) is 89.7 cm³/mol. The van der Waals surface area contributed by atoms with Crippen LogP contribution >= 0.6 is 8.58 Å². The number of benzene rings is 2. The molecule has 0 aromatic heterocycles. The summed E-state index contributed by atoms with van der Waals surface area (Å²) in [4.78, 5) is 12.6. The molecule has 1 unspecified atom stereocenters. The van der Waals surface area contributed by atoms with Gasteiger partial charge in [0.2, 0.25) is 0 Å². The van der Waals surface area contributed by atoms with E-state index in [4.69, 9.17) is 0 Å². The molecule has 0 aliphatic rings. The van der Waals surface area contributed by atoms with Crippen molar-refractivity contribution in [2.75, 3.05) is 0 Å². The quantitative estimate of drug-likeness (QED) is 0.603. The van der Waals surface area contributed by atoms with Crippen molar-refractivity contribution < 1.29 is 4.79 Å². The predicted octanol–water partition coefficient (Wildman–Crippen LogP) is 3.57. The fourth-order valence-electron chi connectivity index (χ4n) is 2.25. The Kier molecular flexibility index (Phi) is 7.25. The summed E-state index contributed by atoms with van der Waals surface area (Å²) >= 11 is 0. The third-order valence-corrected chi connectivity index (χ3v) is 4.36. The number of hydrogen-bond donors (Lipinski definition) is 0. The van der Waals surface area contributed by atoms with Gasteiger partial charge in [0.15, 0.2) is 5.52 Å². The molecule has 0 spiro atoms. The van der Waals surface area contributed by atoms with E-state index in [1.165, 1.54) is 11.1 Å². The zero-order valence-electron chi connectivity index (χ0n) is 12.4. The number of carbonyl (C=O) groups excluding carboxylic acids is 1. The van der Waals surface area contributed by atoms with Crippen LogP contribution < -0.4 is 5.30 Å². The van der Waals surface area contributed by atoms with E-state index >= 15 is 0 Å². The van der Waals surface area contributed by atoms with Crippen molar-refractivity contribution in [3.8, 4) is 0 Å². The molecule has 1 atom stereocenters. The molecule has 1 radical (unpaired) electrons. The molecular weight excluding hydrogens is 258 g/mol. The van der Waals surface area contributed by atoms with Gasteiger partial charge in [-0.1, -0.05) is 62.4 Å². The second-order valence-corrected chi connectivity index (χ2v) is 5.76. The summed E-state index contributed by atoms with van der Waals surface area (Å²) in [5.74, 6) is 0. The second-order valence-electron chi connectivity index (χ2n) is 4.48. The largest absolute Gasteiger partial charge is 0.289 e. The van der Waals surface area contributed by atoms with Crippen LogP contribution in [0.25, 0.3) is 0 Å². The van der Waals surface area contributed by atoms with E-state index in [1.54, 1.807) is 0 Å². The van der Waals surface area contributed by atoms with Crippen molar-refractivity contribution in [3.63, 3.8) is 0 Å². The third kappa shape index (κ3) is 4.06. The molecule has 2 aromatic rings. The molecule has 0 saturated carbocycles. The third-order valence-electron chi connectivity index (χ3n) is 3.26. The Hall–Kier alpha value is -0.863. The fraction of sp³-hybridized carbons (Fsp3) is 0.235. The average Bonchev–Trinajstić information content (AvgIpc) is 2.47. The summed E-state index contributed by atoms with van der Waals surface area (Å²) in [5, 5.41) is 1.11. The van der Waals surface area contributed by atoms with Crippen molar-refractivity contribution in [2.24, 2.45) is 0 Å². The van der Waals surface area contributed by atoms with Gasteiger partial charge in [-0.05, 0) is 37.9 Å². The molecule has 2 rings (SSSR count). The van der Waals surface area contributed by atoms with E-state index in [1.807, 2.05) is 30.3 Å². The molecule has 0 heterocycles. The molecule has 2 aromatic carbocycles. The monoisotopic (exact) mass is 277 g/mol. The van der Waals surface area contributed by atoms with E-state index in [-0.39, 0.29) is 33.0 Å². The molecule has 0 saturated heterocycles.